The van der Waals surface area contributed by atoms with E-state index in [0.29, 0.717) is 6.54 Å². The second-order valence-corrected chi connectivity index (χ2v) is 6.14. The summed E-state index contributed by atoms with van der Waals surface area (Å²) in [7, 11) is 0. The van der Waals surface area contributed by atoms with Gasteiger partial charge in [-0.1, -0.05) is 11.6 Å². The summed E-state index contributed by atoms with van der Waals surface area (Å²) in [5, 5.41) is 13.6. The Bertz CT molecular complexity index is 695. The van der Waals surface area contributed by atoms with E-state index in [1.165, 1.54) is 10.9 Å². The summed E-state index contributed by atoms with van der Waals surface area (Å²) in [5.74, 6) is -0.547. The van der Waals surface area contributed by atoms with E-state index in [9.17, 15) is 14.9 Å². The van der Waals surface area contributed by atoms with Crippen LogP contribution in [0, 0.1) is 24.0 Å². The minimum atomic E-state index is -0.655. The number of pyridine rings is 1. The minimum Gasteiger partial charge on any atom is -0.347 e. The first-order valence-electron chi connectivity index (χ1n) is 6.02. The summed E-state index contributed by atoms with van der Waals surface area (Å²) in [6.45, 7) is 4.30. The van der Waals surface area contributed by atoms with Crippen molar-refractivity contribution in [1.82, 2.24) is 10.3 Å². The van der Waals surface area contributed by atoms with E-state index in [2.05, 4.69) is 10.3 Å². The average molecular weight is 326 g/mol. The monoisotopic (exact) mass is 325 g/mol. The van der Waals surface area contributed by atoms with E-state index < -0.39 is 10.8 Å². The van der Waals surface area contributed by atoms with Gasteiger partial charge in [-0.05, 0) is 31.5 Å². The Hall–Kier alpha value is -1.99. The van der Waals surface area contributed by atoms with Gasteiger partial charge in [-0.2, -0.15) is 0 Å². The number of halogens is 1. The van der Waals surface area contributed by atoms with Gasteiger partial charge in [-0.15, -0.1) is 11.3 Å². The molecule has 21 heavy (non-hydrogen) atoms. The molecule has 0 radical (unpaired) electrons. The fourth-order valence-corrected chi connectivity index (χ4v) is 2.90. The lowest BCUT2D eigenvalue weighted by Gasteiger charge is -2.04. The maximum atomic E-state index is 12.1. The Balaban J connectivity index is 2.16. The molecule has 0 bridgehead atoms. The molecule has 0 aliphatic heterocycles. The number of amides is 1. The molecule has 0 aromatic carbocycles. The molecule has 8 heteroatoms. The standard InChI is InChI=1S/C13H12ClN3O3S/c1-7-3-9(21-8(7)2)5-16-13(18)10-4-12(14)15-6-11(10)17(19)20/h3-4,6H,5H2,1-2H3,(H,16,18). The van der Waals surface area contributed by atoms with Gasteiger partial charge >= 0.3 is 0 Å². The third-order valence-electron chi connectivity index (χ3n) is 2.93. The third-order valence-corrected chi connectivity index (χ3v) is 4.29. The Morgan fingerprint density at radius 3 is 2.76 bits per heavy atom. The van der Waals surface area contributed by atoms with Crippen molar-refractivity contribution in [2.24, 2.45) is 0 Å². The van der Waals surface area contributed by atoms with Crippen molar-refractivity contribution in [3.05, 3.63) is 54.5 Å². The highest BCUT2D eigenvalue weighted by Crippen LogP contribution is 2.22. The number of nitrogens with one attached hydrogen (secondary N) is 1. The first kappa shape index (κ1) is 15.4. The summed E-state index contributed by atoms with van der Waals surface area (Å²) >= 11 is 7.27. The number of aromatic nitrogens is 1. The molecule has 2 rings (SSSR count). The molecular weight excluding hydrogens is 314 g/mol. The summed E-state index contributed by atoms with van der Waals surface area (Å²) in [6, 6.07) is 3.17. The number of nitrogens with zero attached hydrogens (tertiary/aromatic N) is 2. The molecule has 1 amide bonds. The number of nitro groups is 1. The average Bonchev–Trinajstić information content (AvgIpc) is 2.74. The topological polar surface area (TPSA) is 85.1 Å². The Morgan fingerprint density at radius 1 is 1.48 bits per heavy atom. The quantitative estimate of drug-likeness (QED) is 0.531. The van der Waals surface area contributed by atoms with Gasteiger partial charge in [0.25, 0.3) is 11.6 Å². The Morgan fingerprint density at radius 2 is 2.19 bits per heavy atom. The van der Waals surface area contributed by atoms with Crippen molar-refractivity contribution < 1.29 is 9.72 Å². The molecule has 0 unspecified atom stereocenters. The zero-order chi connectivity index (χ0) is 15.6. The zero-order valence-electron chi connectivity index (χ0n) is 11.3. The second kappa shape index (κ2) is 6.19. The molecule has 2 aromatic heterocycles. The van der Waals surface area contributed by atoms with Crippen molar-refractivity contribution >= 4 is 34.5 Å². The molecule has 0 aliphatic carbocycles. The van der Waals surface area contributed by atoms with Gasteiger partial charge in [-0.3, -0.25) is 14.9 Å². The van der Waals surface area contributed by atoms with Gasteiger partial charge in [0, 0.05) is 9.75 Å². The van der Waals surface area contributed by atoms with Gasteiger partial charge < -0.3 is 5.32 Å². The molecule has 0 atom stereocenters. The largest absolute Gasteiger partial charge is 0.347 e. The van der Waals surface area contributed by atoms with Crippen LogP contribution in [0.1, 0.15) is 25.7 Å². The number of hydrogen-bond acceptors (Lipinski definition) is 5. The van der Waals surface area contributed by atoms with E-state index >= 15 is 0 Å². The number of thiophene rings is 1. The van der Waals surface area contributed by atoms with E-state index in [1.54, 1.807) is 11.3 Å². The van der Waals surface area contributed by atoms with Gasteiger partial charge in [-0.25, -0.2) is 4.98 Å². The Labute approximate surface area is 129 Å². The van der Waals surface area contributed by atoms with Crippen molar-refractivity contribution in [1.29, 1.82) is 0 Å². The predicted molar refractivity (Wildman–Crippen MR) is 80.9 cm³/mol. The van der Waals surface area contributed by atoms with Crippen LogP contribution in [-0.2, 0) is 6.54 Å². The highest BCUT2D eigenvalue weighted by molar-refractivity contribution is 7.12. The second-order valence-electron chi connectivity index (χ2n) is 4.42. The molecule has 0 fully saturated rings. The van der Waals surface area contributed by atoms with Crippen LogP contribution in [0.2, 0.25) is 5.15 Å². The molecule has 0 spiro atoms. The van der Waals surface area contributed by atoms with Gasteiger partial charge in [0.1, 0.15) is 16.9 Å². The lowest BCUT2D eigenvalue weighted by atomic mass is 10.2. The number of hydrogen-bond donors (Lipinski definition) is 1. The molecule has 2 aromatic rings. The summed E-state index contributed by atoms with van der Waals surface area (Å²) in [4.78, 5) is 28.1. The van der Waals surface area contributed by atoms with E-state index in [0.717, 1.165) is 16.6 Å². The molecule has 1 N–H and O–H groups in total. The smallest absolute Gasteiger partial charge is 0.300 e. The zero-order valence-corrected chi connectivity index (χ0v) is 12.9. The number of carbonyl (C=O) groups excluding carboxylic acids is 1. The van der Waals surface area contributed by atoms with Gasteiger partial charge in [0.2, 0.25) is 0 Å². The molecule has 110 valence electrons. The van der Waals surface area contributed by atoms with Crippen molar-refractivity contribution in [2.75, 3.05) is 0 Å². The first-order valence-corrected chi connectivity index (χ1v) is 7.22. The molecule has 6 nitrogen and oxygen atoms in total. The van der Waals surface area contributed by atoms with E-state index in [-0.39, 0.29) is 16.4 Å². The minimum absolute atomic E-state index is 0.0357. The van der Waals surface area contributed by atoms with Crippen molar-refractivity contribution in [2.45, 2.75) is 20.4 Å². The van der Waals surface area contributed by atoms with Crippen LogP contribution in [0.25, 0.3) is 0 Å². The molecule has 0 aliphatic rings. The van der Waals surface area contributed by atoms with Gasteiger partial charge in [0.15, 0.2) is 0 Å². The normalized spacial score (nSPS) is 10.4. The first-order chi connectivity index (χ1) is 9.88. The third kappa shape index (κ3) is 3.56. The van der Waals surface area contributed by atoms with Crippen LogP contribution in [0.15, 0.2) is 18.3 Å². The number of rotatable bonds is 4. The fourth-order valence-electron chi connectivity index (χ4n) is 1.75. The van der Waals surface area contributed by atoms with Crippen LogP contribution >= 0.6 is 22.9 Å². The van der Waals surface area contributed by atoms with Crippen LogP contribution < -0.4 is 5.32 Å². The van der Waals surface area contributed by atoms with Crippen LogP contribution in [-0.4, -0.2) is 15.8 Å². The SMILES string of the molecule is Cc1cc(CNC(=O)c2cc(Cl)ncc2[N+](=O)[O-])sc1C. The van der Waals surface area contributed by atoms with Crippen LogP contribution in [0.3, 0.4) is 0 Å². The fraction of sp³-hybridized carbons (Fsp3) is 0.231. The predicted octanol–water partition coefficient (Wildman–Crippen LogP) is 3.25. The lowest BCUT2D eigenvalue weighted by molar-refractivity contribution is -0.385. The highest BCUT2D eigenvalue weighted by atomic mass is 35.5. The van der Waals surface area contributed by atoms with Crippen molar-refractivity contribution in [3.63, 3.8) is 0 Å². The maximum Gasteiger partial charge on any atom is 0.300 e. The lowest BCUT2D eigenvalue weighted by Crippen LogP contribution is -2.23. The summed E-state index contributed by atoms with van der Waals surface area (Å²) in [5.41, 5.74) is 0.697. The molecule has 0 saturated carbocycles. The number of carbonyl (C=O) groups is 1. The maximum absolute atomic E-state index is 12.1. The van der Waals surface area contributed by atoms with Crippen LogP contribution in [0.4, 0.5) is 5.69 Å². The Kier molecular flexibility index (Phi) is 4.54. The number of aryl methyl sites for hydroxylation is 2. The van der Waals surface area contributed by atoms with E-state index in [1.807, 2.05) is 19.9 Å². The van der Waals surface area contributed by atoms with Crippen molar-refractivity contribution in [3.8, 4) is 0 Å². The molecule has 2 heterocycles. The van der Waals surface area contributed by atoms with Crippen LogP contribution in [0.5, 0.6) is 0 Å². The van der Waals surface area contributed by atoms with Gasteiger partial charge in [0.05, 0.1) is 11.5 Å². The molecular formula is C13H12ClN3O3S. The highest BCUT2D eigenvalue weighted by Gasteiger charge is 2.21. The van der Waals surface area contributed by atoms with E-state index in [4.69, 9.17) is 11.6 Å². The summed E-state index contributed by atoms with van der Waals surface area (Å²) < 4.78 is 0. The molecule has 0 saturated heterocycles. The summed E-state index contributed by atoms with van der Waals surface area (Å²) in [6.07, 6.45) is 0.983.